The molecule has 88 valence electrons. The predicted octanol–water partition coefficient (Wildman–Crippen LogP) is 2.53. The van der Waals surface area contributed by atoms with Crippen LogP contribution in [0.3, 0.4) is 0 Å². The Kier molecular flexibility index (Phi) is 5.02. The molecule has 1 N–H and O–H groups in total. The molecule has 0 saturated heterocycles. The summed E-state index contributed by atoms with van der Waals surface area (Å²) in [7, 11) is 0. The third-order valence-electron chi connectivity index (χ3n) is 1.93. The Morgan fingerprint density at radius 2 is 2.31 bits per heavy atom. The van der Waals surface area contributed by atoms with Crippen molar-refractivity contribution in [1.29, 1.82) is 0 Å². The maximum absolute atomic E-state index is 10.8. The van der Waals surface area contributed by atoms with E-state index in [0.29, 0.717) is 23.2 Å². The quantitative estimate of drug-likeness (QED) is 0.825. The number of hydrogen-bond acceptors (Lipinski definition) is 4. The van der Waals surface area contributed by atoms with Crippen LogP contribution < -0.4 is 0 Å². The molecule has 1 atom stereocenters. The third kappa shape index (κ3) is 3.98. The molecule has 1 aromatic heterocycles. The van der Waals surface area contributed by atoms with Gasteiger partial charge in [-0.15, -0.1) is 11.8 Å². The summed E-state index contributed by atoms with van der Waals surface area (Å²) in [6.07, 6.45) is 0.583. The first-order valence-corrected chi connectivity index (χ1v) is 6.30. The Balaban J connectivity index is 2.63. The van der Waals surface area contributed by atoms with Crippen molar-refractivity contribution < 1.29 is 9.90 Å². The highest BCUT2D eigenvalue weighted by atomic mass is 35.5. The van der Waals surface area contributed by atoms with E-state index in [-0.39, 0.29) is 0 Å². The first kappa shape index (κ1) is 13.3. The van der Waals surface area contributed by atoms with Gasteiger partial charge in [-0.25, -0.2) is 9.97 Å². The van der Waals surface area contributed by atoms with Crippen LogP contribution in [-0.4, -0.2) is 26.3 Å². The lowest BCUT2D eigenvalue weighted by atomic mass is 10.3. The molecule has 0 aromatic carbocycles. The first-order chi connectivity index (χ1) is 7.52. The summed E-state index contributed by atoms with van der Waals surface area (Å²) in [5, 5.41) is 8.85. The van der Waals surface area contributed by atoms with Gasteiger partial charge in [-0.2, -0.15) is 0 Å². The monoisotopic (exact) mass is 260 g/mol. The Bertz CT molecular complexity index is 367. The lowest BCUT2D eigenvalue weighted by molar-refractivity contribution is -0.136. The molecule has 1 unspecified atom stereocenters. The lowest BCUT2D eigenvalue weighted by Gasteiger charge is -2.08. The van der Waals surface area contributed by atoms with Crippen molar-refractivity contribution in [3.63, 3.8) is 0 Å². The van der Waals surface area contributed by atoms with Crippen molar-refractivity contribution in [2.24, 2.45) is 0 Å². The van der Waals surface area contributed by atoms with Gasteiger partial charge in [0.2, 0.25) is 0 Å². The molecule has 4 nitrogen and oxygen atoms in total. The van der Waals surface area contributed by atoms with Gasteiger partial charge < -0.3 is 5.11 Å². The number of aryl methyl sites for hydroxylation is 1. The summed E-state index contributed by atoms with van der Waals surface area (Å²) < 4.78 is 0. The van der Waals surface area contributed by atoms with E-state index in [9.17, 15) is 4.79 Å². The second kappa shape index (κ2) is 6.06. The van der Waals surface area contributed by atoms with Gasteiger partial charge in [0.15, 0.2) is 0 Å². The Hall–Kier alpha value is -0.810. The van der Waals surface area contributed by atoms with Gasteiger partial charge in [0, 0.05) is 5.69 Å². The highest BCUT2D eigenvalue weighted by Crippen LogP contribution is 2.19. The molecule has 16 heavy (non-hydrogen) atoms. The number of aromatic nitrogens is 2. The number of carboxylic acids is 1. The molecular formula is C10H13ClN2O2S. The molecule has 0 bridgehead atoms. The standard InChI is InChI=1S/C10H13ClN2O2S/c1-3-7(10(14)15)16-5-9-12-6(2)4-8(11)13-9/h4,7H,3,5H2,1-2H3,(H,14,15). The van der Waals surface area contributed by atoms with Gasteiger partial charge >= 0.3 is 5.97 Å². The van der Waals surface area contributed by atoms with Gasteiger partial charge in [-0.05, 0) is 19.4 Å². The highest BCUT2D eigenvalue weighted by molar-refractivity contribution is 7.99. The molecule has 1 heterocycles. The number of nitrogens with zero attached hydrogens (tertiary/aromatic N) is 2. The van der Waals surface area contributed by atoms with Crippen LogP contribution >= 0.6 is 23.4 Å². The number of thioether (sulfide) groups is 1. The molecule has 1 rings (SSSR count). The minimum Gasteiger partial charge on any atom is -0.480 e. The van der Waals surface area contributed by atoms with Crippen molar-refractivity contribution in [2.75, 3.05) is 0 Å². The molecule has 0 aliphatic rings. The normalized spacial score (nSPS) is 12.4. The van der Waals surface area contributed by atoms with Gasteiger partial charge in [0.05, 0.1) is 5.75 Å². The zero-order valence-electron chi connectivity index (χ0n) is 9.11. The van der Waals surface area contributed by atoms with E-state index in [4.69, 9.17) is 16.7 Å². The van der Waals surface area contributed by atoms with Crippen LogP contribution in [0.1, 0.15) is 24.9 Å². The molecule has 0 radical (unpaired) electrons. The van der Waals surface area contributed by atoms with Crippen molar-refractivity contribution in [2.45, 2.75) is 31.3 Å². The second-order valence-corrected chi connectivity index (χ2v) is 4.87. The number of hydrogen-bond donors (Lipinski definition) is 1. The maximum atomic E-state index is 10.8. The van der Waals surface area contributed by atoms with Crippen molar-refractivity contribution >= 4 is 29.3 Å². The van der Waals surface area contributed by atoms with Crippen molar-refractivity contribution in [3.05, 3.63) is 22.7 Å². The van der Waals surface area contributed by atoms with Gasteiger partial charge in [-0.3, -0.25) is 4.79 Å². The molecule has 0 aliphatic heterocycles. The molecule has 1 aromatic rings. The SMILES string of the molecule is CCC(SCc1nc(C)cc(Cl)n1)C(=O)O. The van der Waals surface area contributed by atoms with Crippen LogP contribution in [0.4, 0.5) is 0 Å². The molecule has 0 saturated carbocycles. The highest BCUT2D eigenvalue weighted by Gasteiger charge is 2.16. The average Bonchev–Trinajstić information content (AvgIpc) is 2.16. The predicted molar refractivity (Wildman–Crippen MR) is 64.8 cm³/mol. The fraction of sp³-hybridized carbons (Fsp3) is 0.500. The number of halogens is 1. The summed E-state index contributed by atoms with van der Waals surface area (Å²) in [5.41, 5.74) is 0.791. The molecule has 0 spiro atoms. The summed E-state index contributed by atoms with van der Waals surface area (Å²) >= 11 is 7.10. The van der Waals surface area contributed by atoms with Crippen LogP contribution in [0.25, 0.3) is 0 Å². The zero-order chi connectivity index (χ0) is 12.1. The van der Waals surface area contributed by atoms with Crippen molar-refractivity contribution in [1.82, 2.24) is 9.97 Å². The smallest absolute Gasteiger partial charge is 0.316 e. The molecule has 0 amide bonds. The summed E-state index contributed by atoms with van der Waals surface area (Å²) in [5.74, 6) is 0.243. The summed E-state index contributed by atoms with van der Waals surface area (Å²) in [6.45, 7) is 3.67. The first-order valence-electron chi connectivity index (χ1n) is 4.87. The van der Waals surface area contributed by atoms with Crippen LogP contribution in [-0.2, 0) is 10.5 Å². The number of carbonyl (C=O) groups is 1. The molecule has 6 heteroatoms. The van der Waals surface area contributed by atoms with E-state index < -0.39 is 11.2 Å². The second-order valence-electron chi connectivity index (χ2n) is 3.29. The average molecular weight is 261 g/mol. The van der Waals surface area contributed by atoms with Gasteiger partial charge in [-0.1, -0.05) is 18.5 Å². The van der Waals surface area contributed by atoms with E-state index in [1.54, 1.807) is 6.07 Å². The van der Waals surface area contributed by atoms with E-state index in [1.807, 2.05) is 13.8 Å². The van der Waals surface area contributed by atoms with Crippen LogP contribution in [0, 0.1) is 6.92 Å². The van der Waals surface area contributed by atoms with E-state index in [0.717, 1.165) is 5.69 Å². The lowest BCUT2D eigenvalue weighted by Crippen LogP contribution is -2.15. The van der Waals surface area contributed by atoms with E-state index >= 15 is 0 Å². The van der Waals surface area contributed by atoms with Gasteiger partial charge in [0.25, 0.3) is 0 Å². The third-order valence-corrected chi connectivity index (χ3v) is 3.48. The van der Waals surface area contributed by atoms with E-state index in [2.05, 4.69) is 9.97 Å². The fourth-order valence-corrected chi connectivity index (χ4v) is 2.31. The maximum Gasteiger partial charge on any atom is 0.316 e. The summed E-state index contributed by atoms with van der Waals surface area (Å²) in [6, 6.07) is 1.67. The Morgan fingerprint density at radius 3 is 2.81 bits per heavy atom. The van der Waals surface area contributed by atoms with Crippen LogP contribution in [0.5, 0.6) is 0 Å². The number of carboxylic acid groups (broad SMARTS) is 1. The molecule has 0 fully saturated rings. The minimum atomic E-state index is -0.800. The molecular weight excluding hydrogens is 248 g/mol. The molecule has 0 aliphatic carbocycles. The van der Waals surface area contributed by atoms with Crippen molar-refractivity contribution in [3.8, 4) is 0 Å². The Labute approximate surface area is 103 Å². The fourth-order valence-electron chi connectivity index (χ4n) is 1.19. The largest absolute Gasteiger partial charge is 0.480 e. The van der Waals surface area contributed by atoms with Gasteiger partial charge in [0.1, 0.15) is 16.2 Å². The van der Waals surface area contributed by atoms with Crippen LogP contribution in [0.15, 0.2) is 6.07 Å². The minimum absolute atomic E-state index is 0.395. The number of rotatable bonds is 5. The summed E-state index contributed by atoms with van der Waals surface area (Å²) in [4.78, 5) is 19.0. The van der Waals surface area contributed by atoms with E-state index in [1.165, 1.54) is 11.8 Å². The zero-order valence-corrected chi connectivity index (χ0v) is 10.7. The topological polar surface area (TPSA) is 63.1 Å². The number of aliphatic carboxylic acids is 1. The Morgan fingerprint density at radius 1 is 1.62 bits per heavy atom. The van der Waals surface area contributed by atoms with Crippen LogP contribution in [0.2, 0.25) is 5.15 Å².